The minimum Gasteiger partial charge on any atom is -0.368 e. The Balaban J connectivity index is 1.33. The van der Waals surface area contributed by atoms with Gasteiger partial charge >= 0.3 is 6.03 Å². The largest absolute Gasteiger partial charge is 0.368 e. The zero-order valence-corrected chi connectivity index (χ0v) is 19.2. The van der Waals surface area contributed by atoms with Crippen LogP contribution < -0.4 is 9.62 Å². The molecule has 2 aliphatic heterocycles. The van der Waals surface area contributed by atoms with Gasteiger partial charge in [0.2, 0.25) is 10.0 Å². The number of halogens is 1. The summed E-state index contributed by atoms with van der Waals surface area (Å²) >= 11 is 0. The maximum absolute atomic E-state index is 13.6. The Labute approximate surface area is 187 Å². The number of anilines is 2. The van der Waals surface area contributed by atoms with E-state index in [1.165, 1.54) is 17.8 Å². The number of amides is 1. The zero-order valence-electron chi connectivity index (χ0n) is 18.4. The lowest BCUT2D eigenvalue weighted by Gasteiger charge is -2.34. The van der Waals surface area contributed by atoms with E-state index in [-0.39, 0.29) is 11.8 Å². The Hall–Kier alpha value is -2.66. The topological polar surface area (TPSA) is 90.8 Å². The molecule has 2 aliphatic rings. The molecule has 0 saturated carbocycles. The fourth-order valence-corrected chi connectivity index (χ4v) is 4.69. The summed E-state index contributed by atoms with van der Waals surface area (Å²) in [7, 11) is -3.44. The number of piperazine rings is 1. The first-order valence-electron chi connectivity index (χ1n) is 10.7. The fourth-order valence-electron chi connectivity index (χ4n) is 4.21. The van der Waals surface area contributed by atoms with Crippen LogP contribution in [0.4, 0.5) is 20.7 Å². The number of hydrogen-bond donors (Lipinski definition) is 1. The predicted molar refractivity (Wildman–Crippen MR) is 121 cm³/mol. The summed E-state index contributed by atoms with van der Waals surface area (Å²) < 4.78 is 39.7. The number of carbonyl (C=O) groups excluding carboxylic acids is 1. The van der Waals surface area contributed by atoms with Crippen LogP contribution in [0, 0.1) is 6.92 Å². The van der Waals surface area contributed by atoms with Crippen molar-refractivity contribution in [2.45, 2.75) is 26.1 Å². The molecule has 1 N–H and O–H groups in total. The standard InChI is InChI=1S/C21H29FN6O3S/c1-16-3-4-17(13-19(16)27-7-5-18(22)15-27)14-25-9-11-26(12-10-25)21(29)28-8-6-20(23-28)24-32(2,30)31/h3-4,6,8,13,18H,5,7,9-12,14-15H2,1-2H3,(H,23,24)/t18-/m1/s1. The van der Waals surface area contributed by atoms with Gasteiger partial charge in [-0.1, -0.05) is 12.1 Å². The van der Waals surface area contributed by atoms with Crippen LogP contribution in [0.2, 0.25) is 0 Å². The van der Waals surface area contributed by atoms with Crippen LogP contribution >= 0.6 is 0 Å². The molecule has 2 fully saturated rings. The smallest absolute Gasteiger partial charge is 0.344 e. The molecule has 32 heavy (non-hydrogen) atoms. The number of benzene rings is 1. The summed E-state index contributed by atoms with van der Waals surface area (Å²) in [4.78, 5) is 18.8. The van der Waals surface area contributed by atoms with Gasteiger partial charge in [0, 0.05) is 63.8 Å². The third-order valence-electron chi connectivity index (χ3n) is 5.87. The number of sulfonamides is 1. The summed E-state index contributed by atoms with van der Waals surface area (Å²) in [5, 5.41) is 4.01. The van der Waals surface area contributed by atoms with Crippen LogP contribution in [-0.2, 0) is 16.6 Å². The van der Waals surface area contributed by atoms with Crippen LogP contribution in [0.1, 0.15) is 17.5 Å². The number of nitrogens with zero attached hydrogens (tertiary/aromatic N) is 5. The second-order valence-corrected chi connectivity index (χ2v) is 10.3. The summed E-state index contributed by atoms with van der Waals surface area (Å²) in [6.45, 7) is 6.60. The van der Waals surface area contributed by atoms with E-state index >= 15 is 0 Å². The maximum Gasteiger partial charge on any atom is 0.344 e. The molecule has 1 amide bonds. The molecule has 0 radical (unpaired) electrons. The van der Waals surface area contributed by atoms with Crippen molar-refractivity contribution in [1.82, 2.24) is 19.6 Å². The van der Waals surface area contributed by atoms with Crippen LogP contribution in [-0.4, -0.2) is 85.7 Å². The van der Waals surface area contributed by atoms with Crippen molar-refractivity contribution in [3.05, 3.63) is 41.6 Å². The average Bonchev–Trinajstić information content (AvgIpc) is 3.37. The highest BCUT2D eigenvalue weighted by molar-refractivity contribution is 7.92. The number of rotatable bonds is 5. The Kier molecular flexibility index (Phi) is 6.38. The van der Waals surface area contributed by atoms with Crippen molar-refractivity contribution < 1.29 is 17.6 Å². The summed E-state index contributed by atoms with van der Waals surface area (Å²) in [5.74, 6) is 0.117. The van der Waals surface area contributed by atoms with Crippen molar-refractivity contribution >= 4 is 27.6 Å². The highest BCUT2D eigenvalue weighted by Crippen LogP contribution is 2.27. The van der Waals surface area contributed by atoms with Crippen LogP contribution in [0.25, 0.3) is 0 Å². The van der Waals surface area contributed by atoms with Crippen molar-refractivity contribution in [3.63, 3.8) is 0 Å². The van der Waals surface area contributed by atoms with E-state index in [2.05, 4.69) is 44.7 Å². The molecule has 1 atom stereocenters. The quantitative estimate of drug-likeness (QED) is 0.727. The average molecular weight is 465 g/mol. The molecule has 11 heteroatoms. The van der Waals surface area contributed by atoms with E-state index in [9.17, 15) is 17.6 Å². The molecule has 2 aromatic rings. The number of aryl methyl sites for hydroxylation is 1. The lowest BCUT2D eigenvalue weighted by molar-refractivity contribution is 0.134. The van der Waals surface area contributed by atoms with E-state index in [0.29, 0.717) is 26.1 Å². The Morgan fingerprint density at radius 3 is 2.59 bits per heavy atom. The third kappa shape index (κ3) is 5.39. The maximum atomic E-state index is 13.6. The normalized spacial score (nSPS) is 20.0. The Morgan fingerprint density at radius 2 is 1.94 bits per heavy atom. The van der Waals surface area contributed by atoms with Crippen molar-refractivity contribution in [1.29, 1.82) is 0 Å². The van der Waals surface area contributed by atoms with E-state index < -0.39 is 16.2 Å². The first kappa shape index (κ1) is 22.5. The highest BCUT2D eigenvalue weighted by atomic mass is 32.2. The lowest BCUT2D eigenvalue weighted by Crippen LogP contribution is -2.49. The van der Waals surface area contributed by atoms with Gasteiger partial charge in [0.1, 0.15) is 6.17 Å². The molecule has 1 aromatic heterocycles. The molecule has 4 rings (SSSR count). The molecule has 0 spiro atoms. The molecule has 1 aromatic carbocycles. The molecular formula is C21H29FN6O3S. The Morgan fingerprint density at radius 1 is 1.19 bits per heavy atom. The molecular weight excluding hydrogens is 435 g/mol. The lowest BCUT2D eigenvalue weighted by atomic mass is 10.1. The number of hydrogen-bond acceptors (Lipinski definition) is 6. The van der Waals surface area contributed by atoms with Gasteiger partial charge in [-0.15, -0.1) is 5.10 Å². The molecule has 9 nitrogen and oxygen atoms in total. The van der Waals surface area contributed by atoms with Gasteiger partial charge in [-0.2, -0.15) is 4.68 Å². The van der Waals surface area contributed by atoms with E-state index in [0.717, 1.165) is 48.4 Å². The summed E-state index contributed by atoms with van der Waals surface area (Å²) in [5.41, 5.74) is 3.44. The van der Waals surface area contributed by atoms with E-state index in [4.69, 9.17) is 0 Å². The Bertz CT molecular complexity index is 1080. The predicted octanol–water partition coefficient (Wildman–Crippen LogP) is 1.90. The molecule has 0 bridgehead atoms. The zero-order chi connectivity index (χ0) is 22.9. The van der Waals surface area contributed by atoms with Crippen LogP contribution in [0.15, 0.2) is 30.5 Å². The van der Waals surface area contributed by atoms with Gasteiger partial charge in [0.25, 0.3) is 0 Å². The van der Waals surface area contributed by atoms with Gasteiger partial charge in [-0.25, -0.2) is 17.6 Å². The highest BCUT2D eigenvalue weighted by Gasteiger charge is 2.25. The van der Waals surface area contributed by atoms with Gasteiger partial charge < -0.3 is 9.80 Å². The molecule has 0 unspecified atom stereocenters. The summed E-state index contributed by atoms with van der Waals surface area (Å²) in [6, 6.07) is 7.54. The van der Waals surface area contributed by atoms with Crippen molar-refractivity contribution in [2.24, 2.45) is 0 Å². The second-order valence-electron chi connectivity index (χ2n) is 8.52. The number of aromatic nitrogens is 2. The number of nitrogens with one attached hydrogen (secondary N) is 1. The van der Waals surface area contributed by atoms with Crippen molar-refractivity contribution in [2.75, 3.05) is 55.1 Å². The van der Waals surface area contributed by atoms with E-state index in [1.807, 2.05) is 0 Å². The third-order valence-corrected chi connectivity index (χ3v) is 6.45. The SMILES string of the molecule is Cc1ccc(CN2CCN(C(=O)n3ccc(NS(C)(=O)=O)n3)CC2)cc1N1CC[C@@H](F)C1. The fraction of sp³-hybridized carbons (Fsp3) is 0.524. The van der Waals surface area contributed by atoms with Crippen LogP contribution in [0.5, 0.6) is 0 Å². The van der Waals surface area contributed by atoms with Gasteiger partial charge in [0.15, 0.2) is 5.82 Å². The van der Waals surface area contributed by atoms with E-state index in [1.54, 1.807) is 4.90 Å². The summed E-state index contributed by atoms with van der Waals surface area (Å²) in [6.07, 6.45) is 2.32. The monoisotopic (exact) mass is 464 g/mol. The van der Waals surface area contributed by atoms with Crippen molar-refractivity contribution in [3.8, 4) is 0 Å². The minimum atomic E-state index is -3.44. The molecule has 174 valence electrons. The first-order valence-corrected chi connectivity index (χ1v) is 12.6. The molecule has 0 aliphatic carbocycles. The minimum absolute atomic E-state index is 0.117. The second kappa shape index (κ2) is 9.07. The molecule has 3 heterocycles. The number of alkyl halides is 1. The number of carbonyl (C=O) groups is 1. The van der Waals surface area contributed by atoms with Gasteiger partial charge in [-0.3, -0.25) is 9.62 Å². The molecule has 2 saturated heterocycles. The first-order chi connectivity index (χ1) is 15.2. The van der Waals surface area contributed by atoms with Gasteiger partial charge in [-0.05, 0) is 30.5 Å². The van der Waals surface area contributed by atoms with Crippen LogP contribution in [0.3, 0.4) is 0 Å². The van der Waals surface area contributed by atoms with Gasteiger partial charge in [0.05, 0.1) is 6.26 Å².